The highest BCUT2D eigenvalue weighted by Gasteiger charge is 2.25. The lowest BCUT2D eigenvalue weighted by molar-refractivity contribution is -0.131. The average molecular weight is 587 g/mol. The van der Waals surface area contributed by atoms with Crippen molar-refractivity contribution in [3.63, 3.8) is 0 Å². The monoisotopic (exact) mass is 586 g/mol. The second-order valence-corrected chi connectivity index (χ2v) is 13.3. The molecule has 1 atom stereocenters. The van der Waals surface area contributed by atoms with E-state index in [1.165, 1.54) is 33.8 Å². The number of nitrogens with one attached hydrogen (secondary N) is 1. The highest BCUT2D eigenvalue weighted by atomic mass is 32.2. The minimum absolute atomic E-state index is 0.0426. The molecule has 8 heteroatoms. The maximum absolute atomic E-state index is 13.3. The molecular weight excluding hydrogens is 548 g/mol. The molecule has 4 aromatic carbocycles. The van der Waals surface area contributed by atoms with Gasteiger partial charge in [-0.15, -0.1) is 0 Å². The molecular formula is C34H38N2O5S. The summed E-state index contributed by atoms with van der Waals surface area (Å²) in [7, 11) is -2.25. The number of aliphatic hydroxyl groups is 1. The number of nitrogens with zero attached hydrogens (tertiary/aromatic N) is 1. The highest BCUT2D eigenvalue weighted by molar-refractivity contribution is 7.88. The molecule has 0 heterocycles. The van der Waals surface area contributed by atoms with Gasteiger partial charge in [0, 0.05) is 31.8 Å². The number of aliphatic hydroxyl groups excluding tert-OH is 1. The Morgan fingerprint density at radius 3 is 2.43 bits per heavy atom. The molecule has 42 heavy (non-hydrogen) atoms. The van der Waals surface area contributed by atoms with Crippen LogP contribution in [0.15, 0.2) is 97.1 Å². The second-order valence-electron chi connectivity index (χ2n) is 11.3. The van der Waals surface area contributed by atoms with Gasteiger partial charge in [-0.1, -0.05) is 84.9 Å². The fourth-order valence-corrected chi connectivity index (χ4v) is 6.27. The summed E-state index contributed by atoms with van der Waals surface area (Å²) in [6.07, 6.45) is 2.42. The Bertz CT molecular complexity index is 1680. The van der Waals surface area contributed by atoms with Crippen LogP contribution in [0.1, 0.15) is 30.5 Å². The summed E-state index contributed by atoms with van der Waals surface area (Å²) in [6.45, 7) is 4.34. The van der Waals surface area contributed by atoms with E-state index >= 15 is 0 Å². The quantitative estimate of drug-likeness (QED) is 0.183. The van der Waals surface area contributed by atoms with Crippen molar-refractivity contribution in [1.29, 1.82) is 0 Å². The second kappa shape index (κ2) is 13.4. The zero-order valence-corrected chi connectivity index (χ0v) is 25.0. The van der Waals surface area contributed by atoms with Crippen molar-refractivity contribution < 1.29 is 23.4 Å². The molecule has 0 aliphatic rings. The molecule has 0 spiro atoms. The number of fused-ring (bicyclic) bond motifs is 1. The van der Waals surface area contributed by atoms with Crippen LogP contribution in [0.3, 0.4) is 0 Å². The van der Waals surface area contributed by atoms with Crippen LogP contribution in [0.5, 0.6) is 0 Å². The Morgan fingerprint density at radius 2 is 1.67 bits per heavy atom. The molecule has 0 fully saturated rings. The Morgan fingerprint density at radius 1 is 0.952 bits per heavy atom. The first-order chi connectivity index (χ1) is 19.9. The Kier molecular flexibility index (Phi) is 9.96. The molecule has 0 saturated carbocycles. The molecule has 0 aliphatic carbocycles. The van der Waals surface area contributed by atoms with E-state index in [0.29, 0.717) is 11.1 Å². The highest BCUT2D eigenvalue weighted by Crippen LogP contribution is 2.27. The van der Waals surface area contributed by atoms with Crippen molar-refractivity contribution in [2.45, 2.75) is 37.7 Å². The summed E-state index contributed by atoms with van der Waals surface area (Å²) in [6, 6.07) is 29.2. The molecule has 4 rings (SSSR count). The van der Waals surface area contributed by atoms with Crippen LogP contribution in [0.2, 0.25) is 0 Å². The summed E-state index contributed by atoms with van der Waals surface area (Å²) >= 11 is 0. The Labute approximate surface area is 248 Å². The Balaban J connectivity index is 1.37. The molecule has 0 aromatic heterocycles. The van der Waals surface area contributed by atoms with Crippen molar-refractivity contribution in [1.82, 2.24) is 9.62 Å². The number of carbonyl (C=O) groups is 1. The molecule has 0 bridgehead atoms. The lowest BCUT2D eigenvalue weighted by Crippen LogP contribution is -2.47. The number of rotatable bonds is 13. The van der Waals surface area contributed by atoms with Gasteiger partial charge in [-0.05, 0) is 71.0 Å². The van der Waals surface area contributed by atoms with Gasteiger partial charge in [-0.2, -0.15) is 0 Å². The number of likely N-dealkylation sites (N-methyl/N-ethyl adjacent to an activating group) is 1. The van der Waals surface area contributed by atoms with Crippen LogP contribution in [0.25, 0.3) is 28.0 Å². The van der Waals surface area contributed by atoms with E-state index in [-0.39, 0.29) is 24.4 Å². The van der Waals surface area contributed by atoms with Crippen LogP contribution < -0.4 is 5.32 Å². The summed E-state index contributed by atoms with van der Waals surface area (Å²) in [5.41, 5.74) is 3.72. The molecule has 7 nitrogen and oxygen atoms in total. The largest absolute Gasteiger partial charge is 0.478 e. The standard InChI is InChI=1S/C34H38N2O5S/c1-34(2,21-26-15-17-27-10-4-5-11-28(27)20-26)35-22-31(37)23-36(3)42(40,41)24-30-12-6-7-14-32(30)29-13-8-9-25(19-29)16-18-33(38)39/h4-20,31,35,37H,21-24H2,1-3H3,(H,38,39). The maximum Gasteiger partial charge on any atom is 0.328 e. The maximum atomic E-state index is 13.3. The number of carboxylic acid groups (broad SMARTS) is 1. The van der Waals surface area contributed by atoms with E-state index < -0.39 is 22.1 Å². The average Bonchev–Trinajstić information content (AvgIpc) is 2.95. The molecule has 1 unspecified atom stereocenters. The van der Waals surface area contributed by atoms with E-state index in [2.05, 4.69) is 49.5 Å². The van der Waals surface area contributed by atoms with Crippen molar-refractivity contribution >= 4 is 32.8 Å². The number of aliphatic carboxylic acids is 1. The van der Waals surface area contributed by atoms with Crippen LogP contribution in [-0.2, 0) is 27.0 Å². The topological polar surface area (TPSA) is 107 Å². The molecule has 0 saturated heterocycles. The third-order valence-corrected chi connectivity index (χ3v) is 8.96. The van der Waals surface area contributed by atoms with Crippen molar-refractivity contribution in [3.05, 3.63) is 114 Å². The summed E-state index contributed by atoms with van der Waals surface area (Å²) < 4.78 is 27.9. The zero-order valence-electron chi connectivity index (χ0n) is 24.2. The number of hydrogen-bond acceptors (Lipinski definition) is 5. The van der Waals surface area contributed by atoms with E-state index in [1.807, 2.05) is 36.4 Å². The predicted molar refractivity (Wildman–Crippen MR) is 170 cm³/mol. The van der Waals surface area contributed by atoms with E-state index in [9.17, 15) is 18.3 Å². The molecule has 0 aliphatic heterocycles. The number of carboxylic acids is 1. The first kappa shape index (κ1) is 31.1. The van der Waals surface area contributed by atoms with Gasteiger partial charge in [0.05, 0.1) is 11.9 Å². The Hall–Kier alpha value is -3.82. The van der Waals surface area contributed by atoms with Gasteiger partial charge < -0.3 is 15.5 Å². The van der Waals surface area contributed by atoms with E-state index in [1.54, 1.807) is 24.3 Å². The van der Waals surface area contributed by atoms with Gasteiger partial charge in [0.1, 0.15) is 0 Å². The van der Waals surface area contributed by atoms with Crippen molar-refractivity contribution in [2.75, 3.05) is 20.1 Å². The molecule has 0 amide bonds. The van der Waals surface area contributed by atoms with Crippen LogP contribution in [0, 0.1) is 0 Å². The van der Waals surface area contributed by atoms with Crippen LogP contribution in [-0.4, -0.2) is 60.7 Å². The lowest BCUT2D eigenvalue weighted by atomic mass is 9.93. The van der Waals surface area contributed by atoms with Gasteiger partial charge in [-0.3, -0.25) is 0 Å². The smallest absolute Gasteiger partial charge is 0.328 e. The van der Waals surface area contributed by atoms with Gasteiger partial charge in [0.25, 0.3) is 0 Å². The predicted octanol–water partition coefficient (Wildman–Crippen LogP) is 5.34. The third kappa shape index (κ3) is 8.59. The minimum atomic E-state index is -3.74. The van der Waals surface area contributed by atoms with Crippen LogP contribution >= 0.6 is 0 Å². The van der Waals surface area contributed by atoms with Gasteiger partial charge >= 0.3 is 5.97 Å². The molecule has 4 aromatic rings. The molecule has 3 N–H and O–H groups in total. The SMILES string of the molecule is CN(CC(O)CNC(C)(C)Cc1ccc2ccccc2c1)S(=O)(=O)Cc1ccccc1-c1cccc(C=CC(=O)O)c1. The summed E-state index contributed by atoms with van der Waals surface area (Å²) in [4.78, 5) is 10.9. The summed E-state index contributed by atoms with van der Waals surface area (Å²) in [5.74, 6) is -1.27. The fourth-order valence-electron chi connectivity index (χ4n) is 5.00. The van der Waals surface area contributed by atoms with Gasteiger partial charge in [0.15, 0.2) is 0 Å². The normalized spacial score (nSPS) is 13.2. The zero-order chi connectivity index (χ0) is 30.3. The minimum Gasteiger partial charge on any atom is -0.478 e. The third-order valence-electron chi connectivity index (χ3n) is 7.19. The molecule has 0 radical (unpaired) electrons. The number of sulfonamides is 1. The van der Waals surface area contributed by atoms with Gasteiger partial charge in [0.2, 0.25) is 10.0 Å². The van der Waals surface area contributed by atoms with Gasteiger partial charge in [-0.25, -0.2) is 17.5 Å². The van der Waals surface area contributed by atoms with Crippen LogP contribution in [0.4, 0.5) is 0 Å². The summed E-state index contributed by atoms with van der Waals surface area (Å²) in [5, 5.41) is 25.5. The lowest BCUT2D eigenvalue weighted by Gasteiger charge is -2.29. The number of benzene rings is 4. The van der Waals surface area contributed by atoms with E-state index in [4.69, 9.17) is 5.11 Å². The fraction of sp³-hybridized carbons (Fsp3) is 0.265. The first-order valence-electron chi connectivity index (χ1n) is 13.9. The molecule has 220 valence electrons. The number of β-amino-alcohol motifs (C(OH)–C–C–N with tert-alkyl or cyclic N) is 1. The van der Waals surface area contributed by atoms with E-state index in [0.717, 1.165) is 23.6 Å². The number of hydrogen-bond donors (Lipinski definition) is 3. The van der Waals surface area contributed by atoms with Crippen molar-refractivity contribution in [2.24, 2.45) is 0 Å². The van der Waals surface area contributed by atoms with Crippen molar-refractivity contribution in [3.8, 4) is 11.1 Å². The first-order valence-corrected chi connectivity index (χ1v) is 15.5.